The summed E-state index contributed by atoms with van der Waals surface area (Å²) in [6.07, 6.45) is 0.559. The van der Waals surface area contributed by atoms with Gasteiger partial charge in [0.05, 0.1) is 10.6 Å². The Morgan fingerprint density at radius 1 is 1.09 bits per heavy atom. The number of rotatable bonds is 5. The van der Waals surface area contributed by atoms with E-state index < -0.39 is 10.0 Å². The van der Waals surface area contributed by atoms with E-state index in [9.17, 15) is 8.42 Å². The van der Waals surface area contributed by atoms with E-state index in [4.69, 9.17) is 23.2 Å². The zero-order chi connectivity index (χ0) is 16.2. The van der Waals surface area contributed by atoms with E-state index in [1.807, 2.05) is 13.0 Å². The molecule has 0 saturated heterocycles. The van der Waals surface area contributed by atoms with E-state index in [2.05, 4.69) is 9.93 Å². The van der Waals surface area contributed by atoms with E-state index in [1.165, 1.54) is 24.3 Å². The van der Waals surface area contributed by atoms with Gasteiger partial charge in [-0.25, -0.2) is 0 Å². The zero-order valence-corrected chi connectivity index (χ0v) is 14.1. The minimum atomic E-state index is -3.73. The molecule has 0 aliphatic rings. The summed E-state index contributed by atoms with van der Waals surface area (Å²) in [6.45, 7) is 1.89. The van der Waals surface area contributed by atoms with E-state index in [-0.39, 0.29) is 4.90 Å². The van der Waals surface area contributed by atoms with E-state index >= 15 is 0 Å². The minimum Gasteiger partial charge on any atom is -0.200 e. The first-order valence-corrected chi connectivity index (χ1v) is 8.76. The van der Waals surface area contributed by atoms with Gasteiger partial charge in [-0.3, -0.25) is 0 Å². The Labute approximate surface area is 139 Å². The van der Waals surface area contributed by atoms with Crippen LogP contribution in [0.25, 0.3) is 0 Å². The average molecular weight is 357 g/mol. The Kier molecular flexibility index (Phi) is 5.45. The van der Waals surface area contributed by atoms with Gasteiger partial charge in [0.1, 0.15) is 0 Å². The third-order valence-electron chi connectivity index (χ3n) is 2.92. The quantitative estimate of drug-likeness (QED) is 0.647. The monoisotopic (exact) mass is 356 g/mol. The fourth-order valence-electron chi connectivity index (χ4n) is 1.80. The molecule has 0 fully saturated rings. The van der Waals surface area contributed by atoms with Gasteiger partial charge in [0.25, 0.3) is 10.0 Å². The van der Waals surface area contributed by atoms with Crippen LogP contribution < -0.4 is 4.83 Å². The molecule has 116 valence electrons. The summed E-state index contributed by atoms with van der Waals surface area (Å²) in [7, 11) is -3.73. The third kappa shape index (κ3) is 4.22. The van der Waals surface area contributed by atoms with Gasteiger partial charge in [0.2, 0.25) is 0 Å². The molecule has 2 aromatic rings. The van der Waals surface area contributed by atoms with Gasteiger partial charge < -0.3 is 0 Å². The van der Waals surface area contributed by atoms with Gasteiger partial charge in [-0.15, -0.1) is 0 Å². The van der Waals surface area contributed by atoms with Gasteiger partial charge in [-0.2, -0.15) is 18.4 Å². The Bertz CT molecular complexity index is 787. The largest absolute Gasteiger partial charge is 0.276 e. The SMILES string of the molecule is CC/C(=N\NS(=O)(=O)c1ccc(Cl)cc1)c1cccc(Cl)c1. The van der Waals surface area contributed by atoms with Crippen LogP contribution >= 0.6 is 23.2 Å². The maximum Gasteiger partial charge on any atom is 0.276 e. The molecule has 0 unspecified atom stereocenters. The third-order valence-corrected chi connectivity index (χ3v) is 4.63. The normalized spacial score (nSPS) is 12.2. The van der Waals surface area contributed by atoms with Crippen LogP contribution in [0.5, 0.6) is 0 Å². The maximum atomic E-state index is 12.2. The maximum absolute atomic E-state index is 12.2. The molecule has 1 N–H and O–H groups in total. The van der Waals surface area contributed by atoms with Crippen LogP contribution in [-0.2, 0) is 10.0 Å². The molecular weight excluding hydrogens is 343 g/mol. The van der Waals surface area contributed by atoms with Crippen molar-refractivity contribution >= 4 is 38.9 Å². The summed E-state index contributed by atoms with van der Waals surface area (Å²) in [6, 6.07) is 13.0. The molecule has 2 rings (SSSR count). The molecule has 0 radical (unpaired) electrons. The highest BCUT2D eigenvalue weighted by Crippen LogP contribution is 2.15. The standard InChI is InChI=1S/C15H14Cl2N2O2S/c1-2-15(11-4-3-5-13(17)10-11)18-19-22(20,21)14-8-6-12(16)7-9-14/h3-10,19H,2H2,1H3/b18-15+. The number of hydrazone groups is 1. The Hall–Kier alpha value is -1.56. The molecule has 0 aromatic heterocycles. The van der Waals surface area contributed by atoms with Gasteiger partial charge in [0, 0.05) is 10.0 Å². The predicted octanol–water partition coefficient (Wildman–Crippen LogP) is 4.09. The van der Waals surface area contributed by atoms with Gasteiger partial charge >= 0.3 is 0 Å². The molecule has 0 heterocycles. The van der Waals surface area contributed by atoms with Crippen molar-refractivity contribution in [3.63, 3.8) is 0 Å². The van der Waals surface area contributed by atoms with Crippen LogP contribution in [0.4, 0.5) is 0 Å². The second-order valence-corrected chi connectivity index (χ2v) is 7.00. The van der Waals surface area contributed by atoms with Crippen molar-refractivity contribution in [3.05, 3.63) is 64.1 Å². The summed E-state index contributed by atoms with van der Waals surface area (Å²) in [5.41, 5.74) is 1.37. The highest BCUT2D eigenvalue weighted by Gasteiger charge is 2.13. The van der Waals surface area contributed by atoms with Gasteiger partial charge in [-0.1, -0.05) is 42.3 Å². The van der Waals surface area contributed by atoms with Crippen LogP contribution in [0.3, 0.4) is 0 Å². The Balaban J connectivity index is 2.26. The molecule has 0 aliphatic carbocycles. The van der Waals surface area contributed by atoms with Crippen molar-refractivity contribution < 1.29 is 8.42 Å². The Morgan fingerprint density at radius 3 is 2.36 bits per heavy atom. The summed E-state index contributed by atoms with van der Waals surface area (Å²) in [4.78, 5) is 2.34. The molecule has 0 spiro atoms. The molecule has 0 amide bonds. The van der Waals surface area contributed by atoms with E-state index in [1.54, 1.807) is 18.2 Å². The van der Waals surface area contributed by atoms with Crippen LogP contribution in [-0.4, -0.2) is 14.1 Å². The van der Waals surface area contributed by atoms with Crippen molar-refractivity contribution in [2.24, 2.45) is 5.10 Å². The molecule has 7 heteroatoms. The van der Waals surface area contributed by atoms with Crippen LogP contribution in [0, 0.1) is 0 Å². The smallest absolute Gasteiger partial charge is 0.200 e. The lowest BCUT2D eigenvalue weighted by Crippen LogP contribution is -2.20. The molecule has 0 saturated carbocycles. The topological polar surface area (TPSA) is 58.5 Å². The second-order valence-electron chi connectivity index (χ2n) is 4.47. The molecule has 0 bridgehead atoms. The predicted molar refractivity (Wildman–Crippen MR) is 90.1 cm³/mol. The first-order valence-electron chi connectivity index (χ1n) is 6.52. The lowest BCUT2D eigenvalue weighted by atomic mass is 10.1. The molecule has 4 nitrogen and oxygen atoms in total. The van der Waals surface area contributed by atoms with Crippen molar-refractivity contribution in [3.8, 4) is 0 Å². The number of nitrogens with one attached hydrogen (secondary N) is 1. The summed E-state index contributed by atoms with van der Waals surface area (Å²) < 4.78 is 24.3. The molecule has 0 aliphatic heterocycles. The van der Waals surface area contributed by atoms with Crippen LogP contribution in [0.15, 0.2) is 58.5 Å². The lowest BCUT2D eigenvalue weighted by Gasteiger charge is -2.07. The fraction of sp³-hybridized carbons (Fsp3) is 0.133. The highest BCUT2D eigenvalue weighted by molar-refractivity contribution is 7.89. The number of sulfonamides is 1. The highest BCUT2D eigenvalue weighted by atomic mass is 35.5. The van der Waals surface area contributed by atoms with Crippen molar-refractivity contribution in [2.45, 2.75) is 18.2 Å². The molecule has 22 heavy (non-hydrogen) atoms. The molecule has 2 aromatic carbocycles. The number of halogens is 2. The van der Waals surface area contributed by atoms with Crippen LogP contribution in [0.2, 0.25) is 10.0 Å². The number of benzene rings is 2. The number of hydrogen-bond donors (Lipinski definition) is 1. The van der Waals surface area contributed by atoms with E-state index in [0.29, 0.717) is 22.2 Å². The molecular formula is C15H14Cl2N2O2S. The fourth-order valence-corrected chi connectivity index (χ4v) is 2.94. The van der Waals surface area contributed by atoms with Gasteiger partial charge in [0.15, 0.2) is 0 Å². The van der Waals surface area contributed by atoms with E-state index in [0.717, 1.165) is 5.56 Å². The average Bonchev–Trinajstić information content (AvgIpc) is 2.48. The summed E-state index contributed by atoms with van der Waals surface area (Å²) >= 11 is 11.7. The lowest BCUT2D eigenvalue weighted by molar-refractivity contribution is 0.584. The summed E-state index contributed by atoms with van der Waals surface area (Å²) in [5.74, 6) is 0. The van der Waals surface area contributed by atoms with Crippen molar-refractivity contribution in [1.82, 2.24) is 4.83 Å². The summed E-state index contributed by atoms with van der Waals surface area (Å²) in [5, 5.41) is 5.05. The number of hydrogen-bond acceptors (Lipinski definition) is 3. The van der Waals surface area contributed by atoms with Crippen molar-refractivity contribution in [1.29, 1.82) is 0 Å². The van der Waals surface area contributed by atoms with Crippen molar-refractivity contribution in [2.75, 3.05) is 0 Å². The van der Waals surface area contributed by atoms with Gasteiger partial charge in [-0.05, 0) is 48.4 Å². The second kappa shape index (κ2) is 7.13. The Morgan fingerprint density at radius 2 is 1.77 bits per heavy atom. The minimum absolute atomic E-state index is 0.0993. The number of nitrogens with zero attached hydrogens (tertiary/aromatic N) is 1. The van der Waals surface area contributed by atoms with Crippen LogP contribution in [0.1, 0.15) is 18.9 Å². The first-order chi connectivity index (χ1) is 10.4. The molecule has 0 atom stereocenters. The zero-order valence-electron chi connectivity index (χ0n) is 11.8. The first kappa shape index (κ1) is 16.8.